The predicted molar refractivity (Wildman–Crippen MR) is 61.5 cm³/mol. The van der Waals surface area contributed by atoms with Gasteiger partial charge in [-0.1, -0.05) is 6.07 Å². The highest BCUT2D eigenvalue weighted by Gasteiger charge is 2.08. The summed E-state index contributed by atoms with van der Waals surface area (Å²) in [4.78, 5) is 16.1. The van der Waals surface area contributed by atoms with Crippen LogP contribution in [0.1, 0.15) is 11.1 Å². The summed E-state index contributed by atoms with van der Waals surface area (Å²) in [6, 6.07) is 3.83. The molecule has 2 aromatic rings. The third-order valence-corrected chi connectivity index (χ3v) is 2.80. The van der Waals surface area contributed by atoms with Gasteiger partial charge in [0.15, 0.2) is 0 Å². The number of hydrogen-bond donors (Lipinski definition) is 0. The second-order valence-electron chi connectivity index (χ2n) is 3.72. The molecule has 0 atom stereocenters. The van der Waals surface area contributed by atoms with E-state index >= 15 is 0 Å². The van der Waals surface area contributed by atoms with Crippen LogP contribution in [0.4, 0.5) is 0 Å². The first-order chi connectivity index (χ1) is 7.00. The number of aromatic nitrogens is 2. The van der Waals surface area contributed by atoms with Gasteiger partial charge in [0, 0.05) is 7.05 Å². The van der Waals surface area contributed by atoms with E-state index in [1.54, 1.807) is 7.05 Å². The van der Waals surface area contributed by atoms with E-state index in [1.165, 1.54) is 4.57 Å². The van der Waals surface area contributed by atoms with Crippen LogP contribution < -0.4 is 5.56 Å². The Hall–Kier alpha value is -1.35. The molecule has 0 spiro atoms. The number of rotatable bonds is 0. The number of hydrogen-bond acceptors (Lipinski definition) is 2. The van der Waals surface area contributed by atoms with Gasteiger partial charge in [0.2, 0.25) is 5.28 Å². The zero-order valence-electron chi connectivity index (χ0n) is 8.84. The van der Waals surface area contributed by atoms with Gasteiger partial charge >= 0.3 is 0 Å². The summed E-state index contributed by atoms with van der Waals surface area (Å²) in [5, 5.41) is 0.846. The van der Waals surface area contributed by atoms with Crippen molar-refractivity contribution in [3.8, 4) is 0 Å². The Balaban J connectivity index is 3.06. The molecule has 0 N–H and O–H groups in total. The summed E-state index contributed by atoms with van der Waals surface area (Å²) in [6.07, 6.45) is 0. The minimum atomic E-state index is -0.100. The molecule has 78 valence electrons. The van der Waals surface area contributed by atoms with Crippen molar-refractivity contribution in [1.82, 2.24) is 9.55 Å². The van der Waals surface area contributed by atoms with Crippen LogP contribution in [0.15, 0.2) is 16.9 Å². The first kappa shape index (κ1) is 10.2. The van der Waals surface area contributed by atoms with Gasteiger partial charge in [-0.15, -0.1) is 0 Å². The van der Waals surface area contributed by atoms with E-state index in [2.05, 4.69) is 4.98 Å². The number of benzene rings is 1. The molecule has 2 rings (SSSR count). The minimum Gasteiger partial charge on any atom is -0.286 e. The SMILES string of the molecule is Cc1cc(C)c2nc(Cl)n(C)c(=O)c2c1. The van der Waals surface area contributed by atoms with Crippen molar-refractivity contribution in [2.75, 3.05) is 0 Å². The Labute approximate surface area is 92.3 Å². The van der Waals surface area contributed by atoms with Gasteiger partial charge in [-0.25, -0.2) is 4.98 Å². The maximum absolute atomic E-state index is 11.9. The quantitative estimate of drug-likeness (QED) is 0.641. The molecule has 1 aromatic heterocycles. The molecule has 0 aliphatic carbocycles. The average Bonchev–Trinajstić information content (AvgIpc) is 2.17. The Morgan fingerprint density at radius 1 is 1.33 bits per heavy atom. The third-order valence-electron chi connectivity index (χ3n) is 2.46. The molecule has 1 aromatic carbocycles. The van der Waals surface area contributed by atoms with Crippen LogP contribution in [0, 0.1) is 13.8 Å². The molecular formula is C11H11ClN2O. The molecule has 0 unspecified atom stereocenters. The number of nitrogens with zero attached hydrogens (tertiary/aromatic N) is 2. The second-order valence-corrected chi connectivity index (χ2v) is 4.06. The Morgan fingerprint density at radius 2 is 2.00 bits per heavy atom. The van der Waals surface area contributed by atoms with Crippen LogP contribution in [0.5, 0.6) is 0 Å². The molecule has 0 saturated carbocycles. The van der Waals surface area contributed by atoms with Crippen molar-refractivity contribution in [1.29, 1.82) is 0 Å². The fourth-order valence-corrected chi connectivity index (χ4v) is 1.86. The van der Waals surface area contributed by atoms with E-state index in [0.29, 0.717) is 10.9 Å². The summed E-state index contributed by atoms with van der Waals surface area (Å²) in [5.74, 6) is 0. The van der Waals surface area contributed by atoms with E-state index in [9.17, 15) is 4.79 Å². The highest BCUT2D eigenvalue weighted by molar-refractivity contribution is 6.28. The van der Waals surface area contributed by atoms with E-state index in [1.807, 2.05) is 26.0 Å². The number of aryl methyl sites for hydroxylation is 2. The van der Waals surface area contributed by atoms with E-state index in [0.717, 1.165) is 11.1 Å². The smallest absolute Gasteiger partial charge is 0.262 e. The van der Waals surface area contributed by atoms with E-state index in [4.69, 9.17) is 11.6 Å². The topological polar surface area (TPSA) is 34.9 Å². The van der Waals surface area contributed by atoms with Crippen LogP contribution in [0.25, 0.3) is 10.9 Å². The summed E-state index contributed by atoms with van der Waals surface area (Å²) in [7, 11) is 1.62. The van der Waals surface area contributed by atoms with Crippen molar-refractivity contribution in [3.63, 3.8) is 0 Å². The van der Waals surface area contributed by atoms with Gasteiger partial charge < -0.3 is 0 Å². The zero-order valence-corrected chi connectivity index (χ0v) is 9.59. The van der Waals surface area contributed by atoms with Gasteiger partial charge in [-0.3, -0.25) is 9.36 Å². The van der Waals surface area contributed by atoms with Gasteiger partial charge in [0.1, 0.15) is 0 Å². The van der Waals surface area contributed by atoms with Crippen molar-refractivity contribution < 1.29 is 0 Å². The lowest BCUT2D eigenvalue weighted by Gasteiger charge is -2.06. The molecule has 4 heteroatoms. The van der Waals surface area contributed by atoms with E-state index < -0.39 is 0 Å². The van der Waals surface area contributed by atoms with Gasteiger partial charge in [0.05, 0.1) is 10.9 Å². The summed E-state index contributed by atoms with van der Waals surface area (Å²) in [5.41, 5.74) is 2.62. The highest BCUT2D eigenvalue weighted by Crippen LogP contribution is 2.17. The van der Waals surface area contributed by atoms with Gasteiger partial charge in [-0.2, -0.15) is 0 Å². The monoisotopic (exact) mass is 222 g/mol. The van der Waals surface area contributed by atoms with Crippen molar-refractivity contribution in [2.45, 2.75) is 13.8 Å². The number of halogens is 1. The zero-order chi connectivity index (χ0) is 11.2. The lowest BCUT2D eigenvalue weighted by atomic mass is 10.1. The fraction of sp³-hybridized carbons (Fsp3) is 0.273. The predicted octanol–water partition coefficient (Wildman–Crippen LogP) is 2.20. The number of fused-ring (bicyclic) bond motifs is 1. The van der Waals surface area contributed by atoms with Crippen LogP contribution in [0.3, 0.4) is 0 Å². The minimum absolute atomic E-state index is 0.100. The molecule has 1 heterocycles. The molecule has 3 nitrogen and oxygen atoms in total. The lowest BCUT2D eigenvalue weighted by molar-refractivity contribution is 0.843. The summed E-state index contributed by atoms with van der Waals surface area (Å²) in [6.45, 7) is 3.89. The Morgan fingerprint density at radius 3 is 2.67 bits per heavy atom. The molecule has 0 aliphatic rings. The maximum atomic E-state index is 11.9. The molecule has 0 saturated heterocycles. The fourth-order valence-electron chi connectivity index (χ4n) is 1.70. The van der Waals surface area contributed by atoms with Crippen molar-refractivity contribution in [2.24, 2.45) is 7.05 Å². The van der Waals surface area contributed by atoms with E-state index in [-0.39, 0.29) is 10.8 Å². The van der Waals surface area contributed by atoms with Crippen LogP contribution in [0.2, 0.25) is 5.28 Å². The molecule has 0 radical (unpaired) electrons. The van der Waals surface area contributed by atoms with Crippen molar-refractivity contribution >= 4 is 22.5 Å². The second kappa shape index (κ2) is 3.35. The Bertz CT molecular complexity index is 602. The maximum Gasteiger partial charge on any atom is 0.262 e. The molecule has 0 amide bonds. The molecule has 0 bridgehead atoms. The van der Waals surface area contributed by atoms with Crippen molar-refractivity contribution in [3.05, 3.63) is 38.9 Å². The molecule has 0 fully saturated rings. The summed E-state index contributed by atoms with van der Waals surface area (Å²) < 4.78 is 1.35. The normalized spacial score (nSPS) is 10.9. The van der Waals surface area contributed by atoms with Gasteiger partial charge in [-0.05, 0) is 42.6 Å². The summed E-state index contributed by atoms with van der Waals surface area (Å²) >= 11 is 5.86. The highest BCUT2D eigenvalue weighted by atomic mass is 35.5. The largest absolute Gasteiger partial charge is 0.286 e. The van der Waals surface area contributed by atoms with Gasteiger partial charge in [0.25, 0.3) is 5.56 Å². The third kappa shape index (κ3) is 1.53. The Kier molecular flexibility index (Phi) is 2.27. The lowest BCUT2D eigenvalue weighted by Crippen LogP contribution is -2.19. The molecule has 0 aliphatic heterocycles. The van der Waals surface area contributed by atoms with Crippen LogP contribution >= 0.6 is 11.6 Å². The first-order valence-corrected chi connectivity index (χ1v) is 5.02. The molecule has 15 heavy (non-hydrogen) atoms. The standard InChI is InChI=1S/C11H11ClN2O/c1-6-4-7(2)9-8(5-6)10(15)14(3)11(12)13-9/h4-5H,1-3H3. The van der Waals surface area contributed by atoms with Crippen LogP contribution in [-0.4, -0.2) is 9.55 Å². The average molecular weight is 223 g/mol. The first-order valence-electron chi connectivity index (χ1n) is 4.64. The molecular weight excluding hydrogens is 212 g/mol. The van der Waals surface area contributed by atoms with Crippen LogP contribution in [-0.2, 0) is 7.05 Å².